The van der Waals surface area contributed by atoms with Gasteiger partial charge in [0.15, 0.2) is 24.1 Å². The molecule has 11 nitrogen and oxygen atoms in total. The molecule has 2 rings (SSSR count). The summed E-state index contributed by atoms with van der Waals surface area (Å²) in [5.74, 6) is -3.25. The molecule has 1 heterocycles. The third-order valence-corrected chi connectivity index (χ3v) is 4.35. The van der Waals surface area contributed by atoms with Crippen LogP contribution in [0.15, 0.2) is 24.3 Å². The van der Waals surface area contributed by atoms with Crippen LogP contribution in [0.25, 0.3) is 0 Å². The van der Waals surface area contributed by atoms with Crippen LogP contribution in [0.2, 0.25) is 0 Å². The summed E-state index contributed by atoms with van der Waals surface area (Å²) in [4.78, 5) is 59.0. The molecule has 0 aliphatic carbocycles. The highest BCUT2D eigenvalue weighted by Crippen LogP contribution is 2.31. The van der Waals surface area contributed by atoms with Crippen LogP contribution < -0.4 is 4.74 Å². The van der Waals surface area contributed by atoms with E-state index < -0.39 is 54.6 Å². The van der Waals surface area contributed by atoms with E-state index in [0.29, 0.717) is 5.56 Å². The van der Waals surface area contributed by atoms with Crippen molar-refractivity contribution in [1.29, 1.82) is 0 Å². The zero-order chi connectivity index (χ0) is 24.0. The number of rotatable bonds is 7. The lowest BCUT2D eigenvalue weighted by Crippen LogP contribution is -2.64. The van der Waals surface area contributed by atoms with E-state index in [1.807, 2.05) is 0 Å². The summed E-state index contributed by atoms with van der Waals surface area (Å²) < 4.78 is 31.8. The van der Waals surface area contributed by atoms with Gasteiger partial charge in [0.25, 0.3) is 0 Å². The Hall–Kier alpha value is -3.47. The summed E-state index contributed by atoms with van der Waals surface area (Å²) >= 11 is 0. The molecule has 1 aromatic carbocycles. The van der Waals surface area contributed by atoms with Crippen molar-refractivity contribution in [1.82, 2.24) is 0 Å². The topological polar surface area (TPSA) is 141 Å². The first-order valence-corrected chi connectivity index (χ1v) is 9.56. The molecule has 0 amide bonds. The van der Waals surface area contributed by atoms with Crippen LogP contribution in [0.5, 0.6) is 5.75 Å². The van der Waals surface area contributed by atoms with Gasteiger partial charge in [0.2, 0.25) is 12.4 Å². The number of methoxy groups -OCH3 is 1. The third-order valence-electron chi connectivity index (χ3n) is 4.35. The van der Waals surface area contributed by atoms with E-state index in [1.54, 1.807) is 0 Å². The zero-order valence-corrected chi connectivity index (χ0v) is 18.2. The van der Waals surface area contributed by atoms with Crippen molar-refractivity contribution in [3.8, 4) is 5.75 Å². The van der Waals surface area contributed by atoms with Gasteiger partial charge in [-0.1, -0.05) is 0 Å². The normalized spacial score (nSPS) is 24.6. The van der Waals surface area contributed by atoms with Crippen molar-refractivity contribution in [3.05, 3.63) is 29.8 Å². The van der Waals surface area contributed by atoms with Gasteiger partial charge < -0.3 is 28.4 Å². The largest absolute Gasteiger partial charge is 0.467 e. The first kappa shape index (κ1) is 24.8. The first-order chi connectivity index (χ1) is 15.0. The van der Waals surface area contributed by atoms with Gasteiger partial charge in [-0.25, -0.2) is 4.79 Å². The van der Waals surface area contributed by atoms with E-state index in [4.69, 9.17) is 28.4 Å². The fraction of sp³-hybridized carbons (Fsp3) is 0.476. The second-order valence-electron chi connectivity index (χ2n) is 6.87. The Kier molecular flexibility index (Phi) is 8.30. The minimum absolute atomic E-state index is 0.159. The number of ketones is 1. The quantitative estimate of drug-likeness (QED) is 0.332. The molecule has 0 bridgehead atoms. The Labute approximate surface area is 183 Å². The Morgan fingerprint density at radius 1 is 0.750 bits per heavy atom. The predicted molar refractivity (Wildman–Crippen MR) is 104 cm³/mol. The fourth-order valence-electron chi connectivity index (χ4n) is 3.08. The SMILES string of the molecule is COC(=O)[C@H]1O[C@@H](Oc2ccc(C(C)=O)cc2)[C@H](OC(C)=O)[C@@H](OC(C)=O)[C@@H]1OC(C)=O. The Morgan fingerprint density at radius 3 is 1.72 bits per heavy atom. The molecule has 0 N–H and O–H groups in total. The van der Waals surface area contributed by atoms with Crippen molar-refractivity contribution in [2.75, 3.05) is 7.11 Å². The minimum Gasteiger partial charge on any atom is -0.467 e. The van der Waals surface area contributed by atoms with Gasteiger partial charge in [0, 0.05) is 26.3 Å². The van der Waals surface area contributed by atoms with E-state index in [2.05, 4.69) is 0 Å². The van der Waals surface area contributed by atoms with Crippen molar-refractivity contribution < 1.29 is 52.4 Å². The third kappa shape index (κ3) is 6.27. The molecule has 1 aliphatic rings. The van der Waals surface area contributed by atoms with Crippen molar-refractivity contribution in [3.63, 3.8) is 0 Å². The Morgan fingerprint density at radius 2 is 1.25 bits per heavy atom. The summed E-state index contributed by atoms with van der Waals surface area (Å²) in [6.45, 7) is 4.68. The number of hydrogen-bond donors (Lipinski definition) is 0. The monoisotopic (exact) mass is 452 g/mol. The maximum Gasteiger partial charge on any atom is 0.339 e. The Balaban J connectivity index is 2.47. The van der Waals surface area contributed by atoms with Gasteiger partial charge in [-0.3, -0.25) is 19.2 Å². The number of benzene rings is 1. The fourth-order valence-corrected chi connectivity index (χ4v) is 3.08. The average molecular weight is 452 g/mol. The molecule has 1 saturated heterocycles. The lowest BCUT2D eigenvalue weighted by atomic mass is 9.97. The van der Waals surface area contributed by atoms with Crippen LogP contribution >= 0.6 is 0 Å². The maximum atomic E-state index is 12.4. The predicted octanol–water partition coefficient (Wildman–Crippen LogP) is 0.961. The van der Waals surface area contributed by atoms with Crippen molar-refractivity contribution >= 4 is 29.7 Å². The van der Waals surface area contributed by atoms with Crippen molar-refractivity contribution in [2.24, 2.45) is 0 Å². The average Bonchev–Trinajstić information content (AvgIpc) is 2.70. The van der Waals surface area contributed by atoms with Crippen LogP contribution in [-0.2, 0) is 42.9 Å². The van der Waals surface area contributed by atoms with Crippen LogP contribution in [-0.4, -0.2) is 67.5 Å². The number of carbonyl (C=O) groups is 5. The molecule has 0 radical (unpaired) electrons. The van der Waals surface area contributed by atoms with Gasteiger partial charge in [-0.05, 0) is 31.2 Å². The summed E-state index contributed by atoms with van der Waals surface area (Å²) in [7, 11) is 1.09. The van der Waals surface area contributed by atoms with Crippen LogP contribution in [0.1, 0.15) is 38.1 Å². The summed E-state index contributed by atoms with van der Waals surface area (Å²) in [5, 5.41) is 0. The molecular weight excluding hydrogens is 428 g/mol. The summed E-state index contributed by atoms with van der Waals surface area (Å²) in [6.07, 6.45) is -7.34. The second kappa shape index (κ2) is 10.7. The number of hydrogen-bond acceptors (Lipinski definition) is 11. The number of carbonyl (C=O) groups excluding carboxylic acids is 5. The highest BCUT2D eigenvalue weighted by atomic mass is 16.7. The van der Waals surface area contributed by atoms with Gasteiger partial charge in [0.1, 0.15) is 5.75 Å². The van der Waals surface area contributed by atoms with Gasteiger partial charge >= 0.3 is 23.9 Å². The van der Waals surface area contributed by atoms with E-state index in [9.17, 15) is 24.0 Å². The molecule has 0 aromatic heterocycles. The number of esters is 4. The molecule has 0 unspecified atom stereocenters. The highest BCUT2D eigenvalue weighted by molar-refractivity contribution is 5.94. The highest BCUT2D eigenvalue weighted by Gasteiger charge is 2.55. The molecule has 1 fully saturated rings. The van der Waals surface area contributed by atoms with Crippen LogP contribution in [0.4, 0.5) is 0 Å². The standard InChI is InChI=1S/C21H24O11/c1-10(22)14-6-8-15(9-7-14)31-21-19(30-13(4)25)17(29-12(3)24)16(28-11(2)23)18(32-21)20(26)27-5/h6-9,16-19,21H,1-5H3/t16-,17-,18-,19+,21+/m0/s1. The number of Topliss-reactive ketones (excluding diaryl/α,β-unsaturated/α-hetero) is 1. The van der Waals surface area contributed by atoms with E-state index >= 15 is 0 Å². The lowest BCUT2D eigenvalue weighted by Gasteiger charge is -2.43. The van der Waals surface area contributed by atoms with E-state index in [1.165, 1.54) is 31.2 Å². The van der Waals surface area contributed by atoms with E-state index in [-0.39, 0.29) is 11.5 Å². The van der Waals surface area contributed by atoms with Crippen LogP contribution in [0, 0.1) is 0 Å². The summed E-state index contributed by atoms with van der Waals surface area (Å²) in [6, 6.07) is 5.95. The molecule has 1 aromatic rings. The number of ether oxygens (including phenoxy) is 6. The van der Waals surface area contributed by atoms with Crippen LogP contribution in [0.3, 0.4) is 0 Å². The van der Waals surface area contributed by atoms with Gasteiger partial charge in [-0.15, -0.1) is 0 Å². The van der Waals surface area contributed by atoms with Crippen molar-refractivity contribution in [2.45, 2.75) is 58.4 Å². The smallest absolute Gasteiger partial charge is 0.339 e. The second-order valence-corrected chi connectivity index (χ2v) is 6.87. The molecule has 1 aliphatic heterocycles. The maximum absolute atomic E-state index is 12.4. The zero-order valence-electron chi connectivity index (χ0n) is 18.2. The molecule has 0 saturated carbocycles. The Bertz CT molecular complexity index is 876. The molecule has 11 heteroatoms. The molecule has 5 atom stereocenters. The molecule has 174 valence electrons. The lowest BCUT2D eigenvalue weighted by molar-refractivity contribution is -0.282. The van der Waals surface area contributed by atoms with Gasteiger partial charge in [-0.2, -0.15) is 0 Å². The molecular formula is C21H24O11. The first-order valence-electron chi connectivity index (χ1n) is 9.56. The molecule has 32 heavy (non-hydrogen) atoms. The minimum atomic E-state index is -1.55. The molecule has 0 spiro atoms. The van der Waals surface area contributed by atoms with E-state index in [0.717, 1.165) is 27.9 Å². The summed E-state index contributed by atoms with van der Waals surface area (Å²) in [5.41, 5.74) is 0.429. The van der Waals surface area contributed by atoms with Gasteiger partial charge in [0.05, 0.1) is 7.11 Å².